The third-order valence-electron chi connectivity index (χ3n) is 6.67. The maximum Gasteiger partial charge on any atom is 0.229 e. The van der Waals surface area contributed by atoms with E-state index in [2.05, 4.69) is 70.9 Å². The Labute approximate surface area is 200 Å². The number of benzene rings is 1. The summed E-state index contributed by atoms with van der Waals surface area (Å²) in [6, 6.07) is 7.72. The Bertz CT molecular complexity index is 1060. The smallest absolute Gasteiger partial charge is 0.229 e. The van der Waals surface area contributed by atoms with Gasteiger partial charge in [-0.25, -0.2) is 19.2 Å². The Kier molecular flexibility index (Phi) is 6.36. The Hall–Kier alpha value is -3.02. The highest BCUT2D eigenvalue weighted by molar-refractivity contribution is 5.96. The van der Waals surface area contributed by atoms with Gasteiger partial charge in [0.25, 0.3) is 0 Å². The van der Waals surface area contributed by atoms with Crippen LogP contribution in [0.15, 0.2) is 35.6 Å². The number of nitrogens with one attached hydrogen (secondary N) is 3. The predicted octanol–water partition coefficient (Wildman–Crippen LogP) is 3.86. The number of halogens is 1. The van der Waals surface area contributed by atoms with Gasteiger partial charge in [0.1, 0.15) is 5.84 Å². The van der Waals surface area contributed by atoms with Crippen LogP contribution in [0.4, 0.5) is 27.5 Å². The van der Waals surface area contributed by atoms with Crippen molar-refractivity contribution in [2.45, 2.75) is 64.6 Å². The lowest BCUT2D eigenvalue weighted by Gasteiger charge is -2.53. The molecule has 0 radical (unpaired) electrons. The van der Waals surface area contributed by atoms with Gasteiger partial charge in [-0.1, -0.05) is 16.9 Å². The van der Waals surface area contributed by atoms with Crippen LogP contribution in [-0.4, -0.2) is 57.3 Å². The fourth-order valence-electron chi connectivity index (χ4n) is 4.73. The zero-order valence-electron chi connectivity index (χ0n) is 20.8. The maximum atomic E-state index is 14.6. The number of piperidine rings is 1. The molecule has 1 aromatic carbocycles. The monoisotopic (exact) mass is 471 g/mol. The van der Waals surface area contributed by atoms with Crippen LogP contribution < -0.4 is 21.2 Å². The molecule has 0 atom stereocenters. The van der Waals surface area contributed by atoms with Gasteiger partial charge in [0.05, 0.1) is 19.0 Å². The SMILES string of the molecule is CON1N=C(C)N(c2cccc(Nc3ncc(F)c(NC4CC(C)(C)N(C)C(C)(C)C4)n3)c2)N1. The molecular weight excluding hydrogens is 437 g/mol. The average molecular weight is 472 g/mol. The number of nitrogens with zero attached hydrogens (tertiary/aromatic N) is 6. The minimum Gasteiger partial charge on any atom is -0.365 e. The lowest BCUT2D eigenvalue weighted by molar-refractivity contribution is -0.162. The second-order valence-corrected chi connectivity index (χ2v) is 10.0. The van der Waals surface area contributed by atoms with Gasteiger partial charge in [0, 0.05) is 22.8 Å². The summed E-state index contributed by atoms with van der Waals surface area (Å²) >= 11 is 0. The van der Waals surface area contributed by atoms with E-state index in [4.69, 9.17) is 4.84 Å². The summed E-state index contributed by atoms with van der Waals surface area (Å²) < 4.78 is 14.6. The molecule has 1 fully saturated rings. The second-order valence-electron chi connectivity index (χ2n) is 10.0. The molecule has 2 aromatic rings. The van der Waals surface area contributed by atoms with Crippen molar-refractivity contribution in [3.05, 3.63) is 36.3 Å². The molecule has 2 aliphatic rings. The van der Waals surface area contributed by atoms with E-state index < -0.39 is 5.82 Å². The van der Waals surface area contributed by atoms with E-state index in [-0.39, 0.29) is 22.9 Å². The lowest BCUT2D eigenvalue weighted by atomic mass is 9.77. The molecular formula is C23H34FN9O. The average Bonchev–Trinajstić information content (AvgIpc) is 3.15. The quantitative estimate of drug-likeness (QED) is 0.581. The van der Waals surface area contributed by atoms with Crippen molar-refractivity contribution in [3.8, 4) is 0 Å². The van der Waals surface area contributed by atoms with Gasteiger partial charge in [-0.15, -0.1) is 5.10 Å². The first-order chi connectivity index (χ1) is 16.0. The van der Waals surface area contributed by atoms with Crippen molar-refractivity contribution in [1.29, 1.82) is 0 Å². The minimum absolute atomic E-state index is 0.0200. The topological polar surface area (TPSA) is 93.2 Å². The van der Waals surface area contributed by atoms with E-state index in [9.17, 15) is 4.39 Å². The zero-order valence-corrected chi connectivity index (χ0v) is 20.8. The summed E-state index contributed by atoms with van der Waals surface area (Å²) in [6.07, 6.45) is 2.95. The molecule has 0 aliphatic carbocycles. The van der Waals surface area contributed by atoms with Crippen LogP contribution in [-0.2, 0) is 4.84 Å². The first kappa shape index (κ1) is 24.1. The number of hydrazine groups is 2. The summed E-state index contributed by atoms with van der Waals surface area (Å²) in [4.78, 5) is 16.1. The molecule has 1 saturated heterocycles. The van der Waals surface area contributed by atoms with E-state index in [0.29, 0.717) is 11.8 Å². The number of likely N-dealkylation sites (tertiary alicyclic amines) is 1. The summed E-state index contributed by atoms with van der Waals surface area (Å²) in [5, 5.41) is 13.8. The number of hydrogen-bond donors (Lipinski definition) is 3. The van der Waals surface area contributed by atoms with Crippen LogP contribution in [0.3, 0.4) is 0 Å². The maximum absolute atomic E-state index is 14.6. The van der Waals surface area contributed by atoms with Crippen LogP contribution in [0.25, 0.3) is 0 Å². The van der Waals surface area contributed by atoms with E-state index in [1.54, 1.807) is 5.01 Å². The zero-order chi connectivity index (χ0) is 24.7. The Morgan fingerprint density at radius 1 is 1.18 bits per heavy atom. The largest absolute Gasteiger partial charge is 0.365 e. The molecule has 0 saturated carbocycles. The third-order valence-corrected chi connectivity index (χ3v) is 6.67. The normalized spacial score (nSPS) is 20.4. The number of amidine groups is 1. The molecule has 3 N–H and O–H groups in total. The predicted molar refractivity (Wildman–Crippen MR) is 132 cm³/mol. The molecule has 10 nitrogen and oxygen atoms in total. The number of hydrazone groups is 1. The number of aromatic nitrogens is 2. The second kappa shape index (κ2) is 8.97. The highest BCUT2D eigenvalue weighted by Gasteiger charge is 2.43. The molecule has 3 heterocycles. The van der Waals surface area contributed by atoms with Crippen molar-refractivity contribution in [3.63, 3.8) is 0 Å². The van der Waals surface area contributed by atoms with Gasteiger partial charge in [-0.2, -0.15) is 4.98 Å². The fraction of sp³-hybridized carbons (Fsp3) is 0.522. The fourth-order valence-corrected chi connectivity index (χ4v) is 4.73. The van der Waals surface area contributed by atoms with E-state index >= 15 is 0 Å². The molecule has 0 amide bonds. The third kappa shape index (κ3) is 4.91. The standard InChI is InChI=1S/C23H34FN9O/c1-15-29-33(34-7)30-32(15)18-10-8-9-16(11-18)27-21-25-14-19(24)20(28-21)26-17-12-22(2,3)31(6)23(4,5)13-17/h8-11,14,17,30H,12-13H2,1-7H3,(H2,25,26,27,28). The Balaban J connectivity index is 1.50. The Morgan fingerprint density at radius 2 is 1.88 bits per heavy atom. The molecule has 184 valence electrons. The van der Waals surface area contributed by atoms with Crippen molar-refractivity contribution in [2.24, 2.45) is 5.10 Å². The molecule has 2 aliphatic heterocycles. The first-order valence-electron chi connectivity index (χ1n) is 11.3. The summed E-state index contributed by atoms with van der Waals surface area (Å²) in [6.45, 7) is 10.7. The molecule has 34 heavy (non-hydrogen) atoms. The molecule has 1 aromatic heterocycles. The van der Waals surface area contributed by atoms with Crippen LogP contribution in [0, 0.1) is 5.82 Å². The molecule has 11 heteroatoms. The van der Waals surface area contributed by atoms with Gasteiger partial charge in [-0.3, -0.25) is 4.90 Å². The van der Waals surface area contributed by atoms with Gasteiger partial charge >= 0.3 is 0 Å². The van der Waals surface area contributed by atoms with Crippen LogP contribution >= 0.6 is 0 Å². The van der Waals surface area contributed by atoms with Crippen molar-refractivity contribution < 1.29 is 9.23 Å². The van der Waals surface area contributed by atoms with Gasteiger partial charge in [-0.05, 0) is 72.7 Å². The van der Waals surface area contributed by atoms with E-state index in [1.807, 2.05) is 31.2 Å². The minimum atomic E-state index is -0.471. The highest BCUT2D eigenvalue weighted by Crippen LogP contribution is 2.38. The highest BCUT2D eigenvalue weighted by atomic mass is 19.1. The van der Waals surface area contributed by atoms with Crippen molar-refractivity contribution in [1.82, 2.24) is 25.7 Å². The van der Waals surface area contributed by atoms with Crippen LogP contribution in [0.2, 0.25) is 0 Å². The lowest BCUT2D eigenvalue weighted by Crippen LogP contribution is -2.61. The van der Waals surface area contributed by atoms with Crippen molar-refractivity contribution in [2.75, 3.05) is 29.8 Å². The van der Waals surface area contributed by atoms with Gasteiger partial charge in [0.15, 0.2) is 11.6 Å². The Morgan fingerprint density at radius 3 is 2.53 bits per heavy atom. The van der Waals surface area contributed by atoms with E-state index in [0.717, 1.165) is 24.2 Å². The summed E-state index contributed by atoms with van der Waals surface area (Å²) in [7, 11) is 3.67. The first-order valence-corrected chi connectivity index (χ1v) is 11.3. The summed E-state index contributed by atoms with van der Waals surface area (Å²) in [5.74, 6) is 0.759. The van der Waals surface area contributed by atoms with Gasteiger partial charge < -0.3 is 10.6 Å². The van der Waals surface area contributed by atoms with Crippen molar-refractivity contribution >= 4 is 29.0 Å². The van der Waals surface area contributed by atoms with Crippen LogP contribution in [0.1, 0.15) is 47.5 Å². The summed E-state index contributed by atoms with van der Waals surface area (Å²) in [5.41, 5.74) is 4.54. The molecule has 4 rings (SSSR count). The number of rotatable bonds is 6. The van der Waals surface area contributed by atoms with Crippen LogP contribution in [0.5, 0.6) is 0 Å². The molecule has 0 spiro atoms. The van der Waals surface area contributed by atoms with E-state index in [1.165, 1.54) is 18.6 Å². The number of anilines is 4. The molecule has 0 unspecified atom stereocenters. The number of hydrogen-bond acceptors (Lipinski definition) is 10. The van der Waals surface area contributed by atoms with Gasteiger partial charge in [0.2, 0.25) is 5.95 Å². The molecule has 0 bridgehead atoms.